The Morgan fingerprint density at radius 1 is 1.00 bits per heavy atom. The van der Waals surface area contributed by atoms with E-state index in [1.165, 1.54) is 24.3 Å². The van der Waals surface area contributed by atoms with Crippen LogP contribution in [-0.4, -0.2) is 58.2 Å². The molecule has 1 aliphatic heterocycles. The van der Waals surface area contributed by atoms with Crippen LogP contribution in [0, 0.1) is 0 Å². The molecule has 7 nitrogen and oxygen atoms in total. The second-order valence-corrected chi connectivity index (χ2v) is 6.66. The van der Waals surface area contributed by atoms with Crippen molar-refractivity contribution in [2.24, 2.45) is 0 Å². The van der Waals surface area contributed by atoms with Crippen LogP contribution in [0.25, 0.3) is 0 Å². The van der Waals surface area contributed by atoms with Gasteiger partial charge in [0.2, 0.25) is 11.5 Å². The maximum Gasteiger partial charge on any atom is 0.255 e. The summed E-state index contributed by atoms with van der Waals surface area (Å²) in [5.74, 6) is -0.575. The van der Waals surface area contributed by atoms with Crippen LogP contribution in [0.4, 0.5) is 0 Å². The highest BCUT2D eigenvalue weighted by Crippen LogP contribution is 2.54. The Balaban J connectivity index is 1.97. The summed E-state index contributed by atoms with van der Waals surface area (Å²) in [7, 11) is 2.88. The molecule has 0 radical (unpaired) electrons. The minimum atomic E-state index is -2.25. The molecule has 2 N–H and O–H groups in total. The summed E-state index contributed by atoms with van der Waals surface area (Å²) in [5, 5.41) is 25.7. The van der Waals surface area contributed by atoms with E-state index in [-0.39, 0.29) is 17.6 Å². The van der Waals surface area contributed by atoms with Crippen molar-refractivity contribution in [2.45, 2.75) is 49.2 Å². The number of hydrogen-bond donors (Lipinski definition) is 2. The van der Waals surface area contributed by atoms with Gasteiger partial charge in [-0.05, 0) is 12.8 Å². The van der Waals surface area contributed by atoms with E-state index in [1.54, 1.807) is 24.3 Å². The Kier molecular flexibility index (Phi) is 3.58. The van der Waals surface area contributed by atoms with Gasteiger partial charge in [-0.3, -0.25) is 14.5 Å². The third kappa shape index (κ3) is 1.64. The summed E-state index contributed by atoms with van der Waals surface area (Å²) in [4.78, 5) is 24.0. The molecule has 0 aromatic heterocycles. The van der Waals surface area contributed by atoms with E-state index in [4.69, 9.17) is 9.68 Å². The molecular formula is C17H22N2O5. The first-order valence-corrected chi connectivity index (χ1v) is 8.27. The van der Waals surface area contributed by atoms with Crippen LogP contribution < -0.4 is 0 Å². The van der Waals surface area contributed by atoms with Crippen molar-refractivity contribution in [3.05, 3.63) is 35.4 Å². The lowest BCUT2D eigenvalue weighted by Crippen LogP contribution is -2.79. The van der Waals surface area contributed by atoms with Gasteiger partial charge in [-0.15, -0.1) is 10.1 Å². The van der Waals surface area contributed by atoms with Crippen molar-refractivity contribution in [1.29, 1.82) is 0 Å². The van der Waals surface area contributed by atoms with E-state index in [0.29, 0.717) is 5.56 Å². The fourth-order valence-electron chi connectivity index (χ4n) is 4.70. The molecule has 3 aliphatic rings. The van der Waals surface area contributed by atoms with Gasteiger partial charge in [0.15, 0.2) is 0 Å². The number of fused-ring (bicyclic) bond motifs is 4. The lowest BCUT2D eigenvalue weighted by atomic mass is 9.81. The van der Waals surface area contributed by atoms with Crippen molar-refractivity contribution in [3.8, 4) is 0 Å². The van der Waals surface area contributed by atoms with E-state index in [2.05, 4.69) is 0 Å². The molecule has 1 aromatic carbocycles. The zero-order valence-electron chi connectivity index (χ0n) is 13.8. The van der Waals surface area contributed by atoms with Gasteiger partial charge in [-0.25, -0.2) is 0 Å². The van der Waals surface area contributed by atoms with E-state index >= 15 is 0 Å². The van der Waals surface area contributed by atoms with Gasteiger partial charge >= 0.3 is 0 Å². The van der Waals surface area contributed by atoms with Crippen LogP contribution >= 0.6 is 0 Å². The molecule has 0 spiro atoms. The molecule has 2 fully saturated rings. The Bertz CT molecular complexity index is 683. The molecule has 24 heavy (non-hydrogen) atoms. The lowest BCUT2D eigenvalue weighted by molar-refractivity contribution is -0.455. The van der Waals surface area contributed by atoms with Crippen LogP contribution in [0.15, 0.2) is 24.3 Å². The van der Waals surface area contributed by atoms with E-state index in [1.807, 2.05) is 0 Å². The molecule has 1 heterocycles. The fourth-order valence-corrected chi connectivity index (χ4v) is 4.70. The number of benzene rings is 1. The average Bonchev–Trinajstić information content (AvgIpc) is 2.79. The molecule has 4 atom stereocenters. The monoisotopic (exact) mass is 334 g/mol. The number of carbonyl (C=O) groups excluding carboxylic acids is 1. The molecule has 130 valence electrons. The van der Waals surface area contributed by atoms with Crippen LogP contribution in [-0.2, 0) is 15.4 Å². The van der Waals surface area contributed by atoms with Gasteiger partial charge in [0.05, 0.1) is 26.3 Å². The van der Waals surface area contributed by atoms with Gasteiger partial charge in [-0.1, -0.05) is 37.1 Å². The SMILES string of the molecule is CON1[C@H]2CCCC[C@@H]2N(OC)[C@@]2(O)c3ccccc3C(=O)[C@@]12O. The highest BCUT2D eigenvalue weighted by atomic mass is 16.7. The molecule has 1 saturated heterocycles. The molecular weight excluding hydrogens is 312 g/mol. The van der Waals surface area contributed by atoms with Crippen LogP contribution in [0.3, 0.4) is 0 Å². The maximum atomic E-state index is 13.0. The Labute approximate surface area is 140 Å². The van der Waals surface area contributed by atoms with Crippen LogP contribution in [0.5, 0.6) is 0 Å². The number of nitrogens with zero attached hydrogens (tertiary/aromatic N) is 2. The van der Waals surface area contributed by atoms with E-state index in [9.17, 15) is 15.0 Å². The number of piperazine rings is 1. The van der Waals surface area contributed by atoms with Crippen LogP contribution in [0.1, 0.15) is 41.6 Å². The number of hydrogen-bond acceptors (Lipinski definition) is 7. The van der Waals surface area contributed by atoms with Crippen molar-refractivity contribution in [3.63, 3.8) is 0 Å². The zero-order valence-corrected chi connectivity index (χ0v) is 13.8. The van der Waals surface area contributed by atoms with Gasteiger partial charge < -0.3 is 10.2 Å². The molecule has 2 aliphatic carbocycles. The molecule has 0 amide bonds. The smallest absolute Gasteiger partial charge is 0.255 e. The van der Waals surface area contributed by atoms with Crippen molar-refractivity contribution < 1.29 is 24.7 Å². The molecule has 0 bridgehead atoms. The number of Topliss-reactive ketones (excluding diaryl/α,β-unsaturated/α-hetero) is 1. The summed E-state index contributed by atoms with van der Waals surface area (Å²) in [6.45, 7) is 0. The number of hydroxylamine groups is 4. The van der Waals surface area contributed by atoms with Crippen LogP contribution in [0.2, 0.25) is 0 Å². The number of ketones is 1. The summed E-state index contributed by atoms with van der Waals surface area (Å²) in [6, 6.07) is 6.27. The van der Waals surface area contributed by atoms with Gasteiger partial charge in [-0.2, -0.15) is 0 Å². The predicted molar refractivity (Wildman–Crippen MR) is 83.4 cm³/mol. The second-order valence-electron chi connectivity index (χ2n) is 6.66. The van der Waals surface area contributed by atoms with Gasteiger partial charge in [0, 0.05) is 11.1 Å². The normalized spacial score (nSPS) is 39.4. The summed E-state index contributed by atoms with van der Waals surface area (Å²) < 4.78 is 0. The Hall–Kier alpha value is -1.35. The quantitative estimate of drug-likeness (QED) is 0.826. The molecule has 1 saturated carbocycles. The summed E-state index contributed by atoms with van der Waals surface area (Å²) in [5.41, 5.74) is -3.65. The first kappa shape index (κ1) is 16.1. The molecule has 7 heteroatoms. The number of rotatable bonds is 2. The van der Waals surface area contributed by atoms with Crippen molar-refractivity contribution in [2.75, 3.05) is 14.2 Å². The second kappa shape index (κ2) is 5.32. The molecule has 0 unspecified atom stereocenters. The fraction of sp³-hybridized carbons (Fsp3) is 0.588. The van der Waals surface area contributed by atoms with E-state index < -0.39 is 17.2 Å². The minimum Gasteiger partial charge on any atom is -0.366 e. The minimum absolute atomic E-state index is 0.187. The summed E-state index contributed by atoms with van der Waals surface area (Å²) >= 11 is 0. The molecule has 1 aromatic rings. The predicted octanol–water partition coefficient (Wildman–Crippen LogP) is 0.768. The largest absolute Gasteiger partial charge is 0.366 e. The lowest BCUT2D eigenvalue weighted by Gasteiger charge is -2.59. The Morgan fingerprint density at radius 2 is 1.54 bits per heavy atom. The molecule has 4 rings (SSSR count). The maximum absolute atomic E-state index is 13.0. The first-order valence-electron chi connectivity index (χ1n) is 8.27. The van der Waals surface area contributed by atoms with E-state index in [0.717, 1.165) is 25.7 Å². The summed E-state index contributed by atoms with van der Waals surface area (Å²) in [6.07, 6.45) is 3.49. The van der Waals surface area contributed by atoms with Gasteiger partial charge in [0.1, 0.15) is 0 Å². The number of aliphatic hydroxyl groups is 2. The highest BCUT2D eigenvalue weighted by Gasteiger charge is 2.75. The van der Waals surface area contributed by atoms with Gasteiger partial charge in [0.25, 0.3) is 5.72 Å². The number of carbonyl (C=O) groups is 1. The standard InChI is InChI=1S/C17H22N2O5/c1-23-18-13-9-5-6-10-14(13)19(24-2)17(22)15(20)11-7-3-4-8-12(11)16(17,18)21/h3-4,7-8,13-14,21-22H,5-6,9-10H2,1-2H3/t13-,14-,16+,17-/m0/s1. The average molecular weight is 334 g/mol. The zero-order chi connectivity index (χ0) is 17.1. The third-order valence-electron chi connectivity index (χ3n) is 5.68. The third-order valence-corrected chi connectivity index (χ3v) is 5.68. The Morgan fingerprint density at radius 3 is 2.12 bits per heavy atom. The van der Waals surface area contributed by atoms with Crippen molar-refractivity contribution in [1.82, 2.24) is 10.1 Å². The topological polar surface area (TPSA) is 82.5 Å². The van der Waals surface area contributed by atoms with Crippen molar-refractivity contribution >= 4 is 5.78 Å². The highest BCUT2D eigenvalue weighted by molar-refractivity contribution is 6.08. The first-order chi connectivity index (χ1) is 11.5.